The van der Waals surface area contributed by atoms with Crippen molar-refractivity contribution in [2.75, 3.05) is 11.9 Å². The van der Waals surface area contributed by atoms with Crippen molar-refractivity contribution in [1.29, 1.82) is 0 Å². The number of fused-ring (bicyclic) bond motifs is 1. The molecule has 4 nitrogen and oxygen atoms in total. The number of nitrogens with zero attached hydrogens (tertiary/aromatic N) is 3. The van der Waals surface area contributed by atoms with Gasteiger partial charge in [0.1, 0.15) is 21.3 Å². The molecule has 0 saturated carbocycles. The van der Waals surface area contributed by atoms with E-state index in [-0.39, 0.29) is 5.56 Å². The molecule has 4 rings (SSSR count). The number of thiazole rings is 1. The van der Waals surface area contributed by atoms with E-state index in [1.54, 1.807) is 11.8 Å². The number of hydrogen-bond donors (Lipinski definition) is 0. The van der Waals surface area contributed by atoms with Crippen LogP contribution in [0.5, 0.6) is 0 Å². The van der Waals surface area contributed by atoms with Gasteiger partial charge in [0.05, 0.1) is 5.69 Å². The lowest BCUT2D eigenvalue weighted by Crippen LogP contribution is -2.34. The average Bonchev–Trinajstić information content (AvgIpc) is 3.14. The number of rotatable bonds is 2. The van der Waals surface area contributed by atoms with Crippen LogP contribution in [-0.2, 0) is 13.6 Å². The molecular weight excluding hydrogens is 398 g/mol. The highest BCUT2D eigenvalue weighted by molar-refractivity contribution is 8.08. The molecule has 0 bridgehead atoms. The molecular formula is C20H19ClN3OS2+. The summed E-state index contributed by atoms with van der Waals surface area (Å²) in [6, 6.07) is 11.9. The summed E-state index contributed by atoms with van der Waals surface area (Å²) in [7, 11) is 3.99. The van der Waals surface area contributed by atoms with Gasteiger partial charge in [-0.3, -0.25) is 9.36 Å². The Bertz CT molecular complexity index is 1210. The lowest BCUT2D eigenvalue weighted by molar-refractivity contribution is -0.673. The SMILES string of the molecule is CCn1c(=Cc2cccc[n+]2C)sc(=C2Sc3ccc(Cl)cc3N2C)c1=O. The van der Waals surface area contributed by atoms with Gasteiger partial charge in [-0.2, -0.15) is 0 Å². The van der Waals surface area contributed by atoms with Gasteiger partial charge < -0.3 is 4.90 Å². The monoisotopic (exact) mass is 416 g/mol. The Morgan fingerprint density at radius 2 is 2.07 bits per heavy atom. The minimum Gasteiger partial charge on any atom is -0.337 e. The molecule has 3 heterocycles. The fourth-order valence-corrected chi connectivity index (χ4v) is 5.71. The maximum Gasteiger partial charge on any atom is 0.271 e. The third kappa shape index (κ3) is 3.22. The molecule has 7 heteroatoms. The summed E-state index contributed by atoms with van der Waals surface area (Å²) in [5, 5.41) is 1.66. The zero-order valence-corrected chi connectivity index (χ0v) is 17.7. The van der Waals surface area contributed by atoms with E-state index in [4.69, 9.17) is 11.6 Å². The topological polar surface area (TPSA) is 29.1 Å². The van der Waals surface area contributed by atoms with Crippen molar-refractivity contribution in [3.05, 3.63) is 72.9 Å². The fraction of sp³-hybridized carbons (Fsp3) is 0.200. The molecule has 0 saturated heterocycles. The van der Waals surface area contributed by atoms with Gasteiger partial charge >= 0.3 is 0 Å². The lowest BCUT2D eigenvalue weighted by atomic mass is 10.3. The van der Waals surface area contributed by atoms with Crippen LogP contribution in [0, 0.1) is 0 Å². The Morgan fingerprint density at radius 3 is 2.81 bits per heavy atom. The first-order valence-electron chi connectivity index (χ1n) is 8.61. The highest BCUT2D eigenvalue weighted by atomic mass is 35.5. The van der Waals surface area contributed by atoms with Crippen LogP contribution in [0.15, 0.2) is 52.3 Å². The van der Waals surface area contributed by atoms with Gasteiger partial charge in [-0.05, 0) is 31.2 Å². The van der Waals surface area contributed by atoms with E-state index in [2.05, 4.69) is 11.0 Å². The van der Waals surface area contributed by atoms with Crippen LogP contribution < -0.4 is 24.2 Å². The number of pyridine rings is 1. The first-order chi connectivity index (χ1) is 13.0. The quantitative estimate of drug-likeness (QED) is 0.601. The van der Waals surface area contributed by atoms with Crippen molar-refractivity contribution in [2.24, 2.45) is 7.05 Å². The van der Waals surface area contributed by atoms with Crippen molar-refractivity contribution in [3.63, 3.8) is 0 Å². The molecule has 0 atom stereocenters. The van der Waals surface area contributed by atoms with E-state index >= 15 is 0 Å². The summed E-state index contributed by atoms with van der Waals surface area (Å²) in [5.41, 5.74) is 2.15. The van der Waals surface area contributed by atoms with Gasteiger partial charge in [0.2, 0.25) is 5.69 Å². The first-order valence-corrected chi connectivity index (χ1v) is 10.6. The smallest absolute Gasteiger partial charge is 0.271 e. The van der Waals surface area contributed by atoms with Crippen LogP contribution in [0.25, 0.3) is 11.1 Å². The Hall–Kier alpha value is -2.02. The lowest BCUT2D eigenvalue weighted by Gasteiger charge is -2.12. The molecule has 27 heavy (non-hydrogen) atoms. The summed E-state index contributed by atoms with van der Waals surface area (Å²) < 4.78 is 5.60. The average molecular weight is 417 g/mol. The maximum atomic E-state index is 13.1. The zero-order chi connectivity index (χ0) is 19.1. The summed E-state index contributed by atoms with van der Waals surface area (Å²) >= 11 is 9.32. The van der Waals surface area contributed by atoms with Crippen LogP contribution in [-0.4, -0.2) is 11.6 Å². The normalized spacial score (nSPS) is 16.1. The van der Waals surface area contributed by atoms with Gasteiger partial charge in [0.15, 0.2) is 6.20 Å². The molecule has 0 amide bonds. The van der Waals surface area contributed by atoms with Crippen LogP contribution in [0.4, 0.5) is 5.69 Å². The van der Waals surface area contributed by atoms with Gasteiger partial charge in [-0.1, -0.05) is 23.4 Å². The van der Waals surface area contributed by atoms with Gasteiger partial charge in [0, 0.05) is 41.7 Å². The van der Waals surface area contributed by atoms with Crippen LogP contribution in [0.1, 0.15) is 12.6 Å². The zero-order valence-electron chi connectivity index (χ0n) is 15.3. The molecule has 1 aliphatic rings. The van der Waals surface area contributed by atoms with Crippen molar-refractivity contribution in [3.8, 4) is 0 Å². The molecule has 1 aliphatic heterocycles. The predicted octanol–water partition coefficient (Wildman–Crippen LogP) is 2.54. The van der Waals surface area contributed by atoms with E-state index in [1.807, 2.05) is 72.7 Å². The number of thioether (sulfide) groups is 1. The van der Waals surface area contributed by atoms with E-state index in [0.717, 1.165) is 30.5 Å². The second-order valence-electron chi connectivity index (χ2n) is 6.28. The number of halogens is 1. The Labute approximate surface area is 170 Å². The second kappa shape index (κ2) is 7.19. The molecule has 1 aromatic carbocycles. The van der Waals surface area contributed by atoms with Crippen molar-refractivity contribution >= 4 is 51.5 Å². The Kier molecular flexibility index (Phi) is 4.88. The molecule has 3 aromatic rings. The molecule has 138 valence electrons. The highest BCUT2D eigenvalue weighted by Gasteiger charge is 2.25. The van der Waals surface area contributed by atoms with Gasteiger partial charge in [-0.25, -0.2) is 4.57 Å². The molecule has 2 aromatic heterocycles. The number of anilines is 1. The van der Waals surface area contributed by atoms with Crippen LogP contribution in [0.3, 0.4) is 0 Å². The molecule has 0 N–H and O–H groups in total. The standard InChI is InChI=1S/C20H19ClN3OS2/c1-4-24-17(12-14-7-5-6-10-22(14)2)27-18(19(24)25)20-23(3)15-11-13(21)8-9-16(15)26-20/h5-12H,4H2,1-3H3/q+1. The Morgan fingerprint density at radius 1 is 1.26 bits per heavy atom. The molecule has 0 spiro atoms. The largest absolute Gasteiger partial charge is 0.337 e. The predicted molar refractivity (Wildman–Crippen MR) is 114 cm³/mol. The number of aryl methyl sites for hydroxylation is 1. The molecule has 0 radical (unpaired) electrons. The fourth-order valence-electron chi connectivity index (χ4n) is 3.10. The summed E-state index contributed by atoms with van der Waals surface area (Å²) in [4.78, 5) is 16.3. The third-order valence-corrected chi connectivity index (χ3v) is 7.30. The van der Waals surface area contributed by atoms with Crippen molar-refractivity contribution in [1.82, 2.24) is 4.57 Å². The number of benzene rings is 1. The van der Waals surface area contributed by atoms with E-state index in [9.17, 15) is 4.79 Å². The van der Waals surface area contributed by atoms with E-state index < -0.39 is 0 Å². The summed E-state index contributed by atoms with van der Waals surface area (Å²) in [5.74, 6) is 0. The highest BCUT2D eigenvalue weighted by Crippen LogP contribution is 2.46. The van der Waals surface area contributed by atoms with Gasteiger partial charge in [-0.15, -0.1) is 11.3 Å². The van der Waals surface area contributed by atoms with E-state index in [1.165, 1.54) is 11.3 Å². The van der Waals surface area contributed by atoms with Crippen molar-refractivity contribution < 1.29 is 4.57 Å². The van der Waals surface area contributed by atoms with Crippen LogP contribution in [0.2, 0.25) is 5.02 Å². The maximum absolute atomic E-state index is 13.1. The number of hydrogen-bond acceptors (Lipinski definition) is 4. The summed E-state index contributed by atoms with van der Waals surface area (Å²) in [6.07, 6.45) is 4.08. The van der Waals surface area contributed by atoms with Gasteiger partial charge in [0.25, 0.3) is 5.56 Å². The minimum absolute atomic E-state index is 0.0561. The minimum atomic E-state index is 0.0561. The Balaban J connectivity index is 1.94. The molecule has 0 aliphatic carbocycles. The van der Waals surface area contributed by atoms with E-state index in [0.29, 0.717) is 11.6 Å². The number of aromatic nitrogens is 2. The summed E-state index contributed by atoms with van der Waals surface area (Å²) in [6.45, 7) is 2.64. The molecule has 0 unspecified atom stereocenters. The molecule has 0 fully saturated rings. The van der Waals surface area contributed by atoms with Crippen molar-refractivity contribution in [2.45, 2.75) is 18.4 Å². The first kappa shape index (κ1) is 18.3. The second-order valence-corrected chi connectivity index (χ2v) is 8.78. The van der Waals surface area contributed by atoms with Crippen LogP contribution >= 0.6 is 34.7 Å². The third-order valence-electron chi connectivity index (χ3n) is 4.58.